The predicted octanol–water partition coefficient (Wildman–Crippen LogP) is 3.93. The number of rotatable bonds is 8. The van der Waals surface area contributed by atoms with Gasteiger partial charge in [-0.2, -0.15) is 0 Å². The lowest BCUT2D eigenvalue weighted by Crippen LogP contribution is -2.19. The van der Waals surface area contributed by atoms with Gasteiger partial charge in [-0.1, -0.05) is 39.0 Å². The Bertz CT molecular complexity index is 485. The SMILES string of the molecule is CCCCCCCCNc1cc2c(cc1N)CCC(=O)N2. The lowest BCUT2D eigenvalue weighted by molar-refractivity contribution is -0.116. The number of amides is 1. The van der Waals surface area contributed by atoms with E-state index in [9.17, 15) is 4.79 Å². The van der Waals surface area contributed by atoms with Gasteiger partial charge in [0.05, 0.1) is 11.4 Å². The number of nitrogen functional groups attached to an aromatic ring is 1. The number of carbonyl (C=O) groups is 1. The molecule has 2 rings (SSSR count). The maximum absolute atomic E-state index is 11.4. The van der Waals surface area contributed by atoms with Crippen molar-refractivity contribution in [3.63, 3.8) is 0 Å². The molecule has 1 amide bonds. The molecule has 4 heteroatoms. The van der Waals surface area contributed by atoms with Crippen molar-refractivity contribution in [2.45, 2.75) is 58.3 Å². The van der Waals surface area contributed by atoms with Crippen molar-refractivity contribution >= 4 is 23.0 Å². The molecule has 1 heterocycles. The average Bonchev–Trinajstić information content (AvgIpc) is 2.47. The van der Waals surface area contributed by atoms with Crippen LogP contribution in [0.5, 0.6) is 0 Å². The third kappa shape index (κ3) is 4.66. The Morgan fingerprint density at radius 1 is 1.14 bits per heavy atom. The van der Waals surface area contributed by atoms with Gasteiger partial charge in [-0.05, 0) is 30.5 Å². The Kier molecular flexibility index (Phi) is 5.90. The minimum Gasteiger partial charge on any atom is -0.397 e. The molecule has 0 saturated heterocycles. The van der Waals surface area contributed by atoms with Gasteiger partial charge in [-0.3, -0.25) is 4.79 Å². The fraction of sp³-hybridized carbons (Fsp3) is 0.588. The van der Waals surface area contributed by atoms with Crippen LogP contribution < -0.4 is 16.4 Å². The summed E-state index contributed by atoms with van der Waals surface area (Å²) >= 11 is 0. The molecule has 21 heavy (non-hydrogen) atoms. The van der Waals surface area contributed by atoms with Gasteiger partial charge in [0.15, 0.2) is 0 Å². The van der Waals surface area contributed by atoms with Crippen molar-refractivity contribution in [3.8, 4) is 0 Å². The maximum Gasteiger partial charge on any atom is 0.224 e. The predicted molar refractivity (Wildman–Crippen MR) is 89.7 cm³/mol. The summed E-state index contributed by atoms with van der Waals surface area (Å²) in [6.45, 7) is 3.17. The van der Waals surface area contributed by atoms with Gasteiger partial charge in [0, 0.05) is 18.7 Å². The minimum atomic E-state index is 0.0918. The molecule has 0 aliphatic carbocycles. The van der Waals surface area contributed by atoms with Crippen LogP contribution in [-0.2, 0) is 11.2 Å². The minimum absolute atomic E-state index is 0.0918. The quantitative estimate of drug-likeness (QED) is 0.502. The van der Waals surface area contributed by atoms with E-state index in [0.717, 1.165) is 42.0 Å². The van der Waals surface area contributed by atoms with Crippen molar-refractivity contribution in [2.75, 3.05) is 22.9 Å². The van der Waals surface area contributed by atoms with Crippen LogP contribution in [0.2, 0.25) is 0 Å². The van der Waals surface area contributed by atoms with Crippen LogP contribution in [0.25, 0.3) is 0 Å². The van der Waals surface area contributed by atoms with Crippen molar-refractivity contribution < 1.29 is 4.79 Å². The molecule has 0 saturated carbocycles. The fourth-order valence-corrected chi connectivity index (χ4v) is 2.73. The van der Waals surface area contributed by atoms with E-state index in [0.29, 0.717) is 6.42 Å². The number of nitrogens with one attached hydrogen (secondary N) is 2. The Balaban J connectivity index is 1.80. The smallest absolute Gasteiger partial charge is 0.224 e. The third-order valence-electron chi connectivity index (χ3n) is 4.02. The summed E-state index contributed by atoms with van der Waals surface area (Å²) in [7, 11) is 0. The molecule has 116 valence electrons. The lowest BCUT2D eigenvalue weighted by Gasteiger charge is -2.19. The molecule has 0 radical (unpaired) electrons. The molecular formula is C17H27N3O. The first-order valence-corrected chi connectivity index (χ1v) is 8.17. The van der Waals surface area contributed by atoms with E-state index < -0.39 is 0 Å². The number of benzene rings is 1. The zero-order chi connectivity index (χ0) is 15.1. The van der Waals surface area contributed by atoms with E-state index in [1.165, 1.54) is 32.1 Å². The third-order valence-corrected chi connectivity index (χ3v) is 4.02. The number of nitrogens with two attached hydrogens (primary N) is 1. The van der Waals surface area contributed by atoms with Crippen molar-refractivity contribution in [2.24, 2.45) is 0 Å². The number of aryl methyl sites for hydroxylation is 1. The topological polar surface area (TPSA) is 67.1 Å². The summed E-state index contributed by atoms with van der Waals surface area (Å²) in [5.74, 6) is 0.0918. The van der Waals surface area contributed by atoms with Crippen LogP contribution in [0, 0.1) is 0 Å². The molecule has 0 atom stereocenters. The average molecular weight is 289 g/mol. The Morgan fingerprint density at radius 3 is 2.71 bits per heavy atom. The van der Waals surface area contributed by atoms with Gasteiger partial charge in [0.1, 0.15) is 0 Å². The first-order chi connectivity index (χ1) is 10.2. The van der Waals surface area contributed by atoms with Crippen LogP contribution in [-0.4, -0.2) is 12.5 Å². The number of carbonyl (C=O) groups excluding carboxylic acids is 1. The van der Waals surface area contributed by atoms with Crippen LogP contribution in [0.1, 0.15) is 57.4 Å². The summed E-state index contributed by atoms with van der Waals surface area (Å²) in [5, 5.41) is 6.31. The van der Waals surface area contributed by atoms with Gasteiger partial charge in [-0.25, -0.2) is 0 Å². The molecule has 4 N–H and O–H groups in total. The molecule has 0 aromatic heterocycles. The molecule has 0 fully saturated rings. The summed E-state index contributed by atoms with van der Waals surface area (Å²) in [6, 6.07) is 3.96. The van der Waals surface area contributed by atoms with E-state index in [4.69, 9.17) is 5.73 Å². The second kappa shape index (κ2) is 7.91. The van der Waals surface area contributed by atoms with Gasteiger partial charge in [0.2, 0.25) is 5.91 Å². The summed E-state index contributed by atoms with van der Waals surface area (Å²) in [4.78, 5) is 11.4. The first kappa shape index (κ1) is 15.7. The van der Waals surface area contributed by atoms with Gasteiger partial charge < -0.3 is 16.4 Å². The molecule has 1 aliphatic heterocycles. The fourth-order valence-electron chi connectivity index (χ4n) is 2.73. The molecule has 0 spiro atoms. The highest BCUT2D eigenvalue weighted by Crippen LogP contribution is 2.31. The standard InChI is InChI=1S/C17H27N3O/c1-2-3-4-5-6-7-10-19-16-12-15-13(11-14(16)18)8-9-17(21)20-15/h11-12,19H,2-10,18H2,1H3,(H,20,21). The Morgan fingerprint density at radius 2 is 1.90 bits per heavy atom. The molecule has 0 unspecified atom stereocenters. The second-order valence-corrected chi connectivity index (χ2v) is 5.84. The normalized spacial score (nSPS) is 13.7. The summed E-state index contributed by atoms with van der Waals surface area (Å²) in [5.41, 5.74) is 9.84. The number of hydrogen-bond donors (Lipinski definition) is 3. The van der Waals surface area contributed by atoms with Crippen molar-refractivity contribution in [3.05, 3.63) is 17.7 Å². The summed E-state index contributed by atoms with van der Waals surface area (Å²) in [6.07, 6.45) is 9.02. The number of hydrogen-bond acceptors (Lipinski definition) is 3. The van der Waals surface area contributed by atoms with Gasteiger partial charge in [-0.15, -0.1) is 0 Å². The highest BCUT2D eigenvalue weighted by atomic mass is 16.1. The molecule has 1 aromatic carbocycles. The van der Waals surface area contributed by atoms with E-state index in [1.54, 1.807) is 0 Å². The molecule has 4 nitrogen and oxygen atoms in total. The van der Waals surface area contributed by atoms with E-state index in [-0.39, 0.29) is 5.91 Å². The van der Waals surface area contributed by atoms with E-state index in [2.05, 4.69) is 17.6 Å². The highest BCUT2D eigenvalue weighted by Gasteiger charge is 2.16. The van der Waals surface area contributed by atoms with Crippen LogP contribution in [0.3, 0.4) is 0 Å². The summed E-state index contributed by atoms with van der Waals surface area (Å²) < 4.78 is 0. The number of fused-ring (bicyclic) bond motifs is 1. The number of anilines is 3. The zero-order valence-corrected chi connectivity index (χ0v) is 13.0. The molecule has 0 bridgehead atoms. The molecule has 1 aliphatic rings. The monoisotopic (exact) mass is 289 g/mol. The van der Waals surface area contributed by atoms with Gasteiger partial charge >= 0.3 is 0 Å². The van der Waals surface area contributed by atoms with Crippen molar-refractivity contribution in [1.82, 2.24) is 0 Å². The largest absolute Gasteiger partial charge is 0.397 e. The van der Waals surface area contributed by atoms with Crippen LogP contribution >= 0.6 is 0 Å². The Labute approximate surface area is 127 Å². The molecule has 1 aromatic rings. The zero-order valence-electron chi connectivity index (χ0n) is 13.0. The maximum atomic E-state index is 11.4. The van der Waals surface area contributed by atoms with Crippen LogP contribution in [0.15, 0.2) is 12.1 Å². The van der Waals surface area contributed by atoms with Crippen molar-refractivity contribution in [1.29, 1.82) is 0 Å². The van der Waals surface area contributed by atoms with Crippen LogP contribution in [0.4, 0.5) is 17.1 Å². The first-order valence-electron chi connectivity index (χ1n) is 8.17. The van der Waals surface area contributed by atoms with Gasteiger partial charge in [0.25, 0.3) is 0 Å². The van der Waals surface area contributed by atoms with E-state index >= 15 is 0 Å². The second-order valence-electron chi connectivity index (χ2n) is 5.84. The number of unbranched alkanes of at least 4 members (excludes halogenated alkanes) is 5. The highest BCUT2D eigenvalue weighted by molar-refractivity contribution is 5.95. The Hall–Kier alpha value is -1.71. The molecular weight excluding hydrogens is 262 g/mol. The lowest BCUT2D eigenvalue weighted by atomic mass is 10.0. The van der Waals surface area contributed by atoms with E-state index in [1.807, 2.05) is 12.1 Å².